The van der Waals surface area contributed by atoms with Crippen LogP contribution >= 0.6 is 0 Å². The Morgan fingerprint density at radius 2 is 1.67 bits per heavy atom. The third kappa shape index (κ3) is 7.82. The maximum atomic E-state index is 12.6. The fourth-order valence-corrected chi connectivity index (χ4v) is 4.00. The molecule has 36 heavy (non-hydrogen) atoms. The van der Waals surface area contributed by atoms with Crippen LogP contribution in [0.15, 0.2) is 36.4 Å². The number of rotatable bonds is 11. The predicted molar refractivity (Wildman–Crippen MR) is 144 cm³/mol. The number of hydrogen-bond acceptors (Lipinski definition) is 4. The van der Waals surface area contributed by atoms with Crippen molar-refractivity contribution < 1.29 is 24.5 Å². The first kappa shape index (κ1) is 29.4. The van der Waals surface area contributed by atoms with Gasteiger partial charge >= 0.3 is 5.97 Å². The third-order valence-corrected chi connectivity index (χ3v) is 6.84. The molecule has 2 aromatic rings. The van der Waals surface area contributed by atoms with Crippen LogP contribution in [0.1, 0.15) is 92.9 Å². The minimum absolute atomic E-state index is 0.224. The van der Waals surface area contributed by atoms with E-state index in [0.717, 1.165) is 36.1 Å². The smallest absolute Gasteiger partial charge is 0.328 e. The number of nitrogens with one attached hydrogen (secondary N) is 1. The molecule has 0 saturated carbocycles. The first-order chi connectivity index (χ1) is 16.7. The van der Waals surface area contributed by atoms with Crippen molar-refractivity contribution in [2.24, 2.45) is 5.41 Å². The number of carboxylic acid groups (broad SMARTS) is 1. The van der Waals surface area contributed by atoms with Crippen LogP contribution < -0.4 is 10.1 Å². The van der Waals surface area contributed by atoms with Crippen LogP contribution in [0.2, 0.25) is 0 Å². The summed E-state index contributed by atoms with van der Waals surface area (Å²) < 4.78 is 5.87. The summed E-state index contributed by atoms with van der Waals surface area (Å²) in [6.45, 7) is 15.3. The summed E-state index contributed by atoms with van der Waals surface area (Å²) in [5.74, 6) is -0.320. The van der Waals surface area contributed by atoms with Crippen LogP contribution in [0, 0.1) is 19.3 Å². The van der Waals surface area contributed by atoms with Gasteiger partial charge in [-0.15, -0.1) is 0 Å². The molecule has 0 bridgehead atoms. The van der Waals surface area contributed by atoms with Gasteiger partial charge in [-0.05, 0) is 92.7 Å². The largest absolute Gasteiger partial charge is 0.491 e. The molecule has 0 aliphatic rings. The van der Waals surface area contributed by atoms with Crippen molar-refractivity contribution >= 4 is 11.9 Å². The van der Waals surface area contributed by atoms with Crippen LogP contribution in [-0.2, 0) is 11.2 Å². The van der Waals surface area contributed by atoms with Gasteiger partial charge in [0.2, 0.25) is 0 Å². The predicted octanol–water partition coefficient (Wildman–Crippen LogP) is 5.81. The van der Waals surface area contributed by atoms with Crippen LogP contribution in [-0.4, -0.2) is 40.3 Å². The summed E-state index contributed by atoms with van der Waals surface area (Å²) in [5.41, 5.74) is 3.23. The van der Waals surface area contributed by atoms with Crippen LogP contribution in [0.3, 0.4) is 0 Å². The van der Waals surface area contributed by atoms with E-state index >= 15 is 0 Å². The molecule has 2 aromatic carbocycles. The second-order valence-corrected chi connectivity index (χ2v) is 11.4. The lowest BCUT2D eigenvalue weighted by Crippen LogP contribution is -2.49. The van der Waals surface area contributed by atoms with Gasteiger partial charge in [0, 0.05) is 5.56 Å². The summed E-state index contributed by atoms with van der Waals surface area (Å²) in [7, 11) is 0. The van der Waals surface area contributed by atoms with E-state index in [2.05, 4.69) is 24.4 Å². The van der Waals surface area contributed by atoms with E-state index in [9.17, 15) is 19.8 Å². The molecular formula is C30H43NO5. The van der Waals surface area contributed by atoms with Crippen LogP contribution in [0.5, 0.6) is 5.75 Å². The van der Waals surface area contributed by atoms with Crippen molar-refractivity contribution in [2.75, 3.05) is 6.61 Å². The van der Waals surface area contributed by atoms with Gasteiger partial charge in [-0.2, -0.15) is 0 Å². The number of carboxylic acids is 1. The van der Waals surface area contributed by atoms with Gasteiger partial charge in [0.25, 0.3) is 5.91 Å². The molecule has 3 N–H and O–H groups in total. The highest BCUT2D eigenvalue weighted by Gasteiger charge is 2.30. The number of amides is 1. The summed E-state index contributed by atoms with van der Waals surface area (Å²) >= 11 is 0. The van der Waals surface area contributed by atoms with Crippen molar-refractivity contribution in [2.45, 2.75) is 92.2 Å². The Morgan fingerprint density at radius 3 is 2.19 bits per heavy atom. The molecule has 2 rings (SSSR count). The minimum Gasteiger partial charge on any atom is -0.491 e. The molecule has 2 unspecified atom stereocenters. The number of benzene rings is 2. The van der Waals surface area contributed by atoms with Crippen molar-refractivity contribution in [3.05, 3.63) is 64.2 Å². The normalized spacial score (nSPS) is 13.7. The molecule has 1 amide bonds. The Hall–Kier alpha value is -2.86. The monoisotopic (exact) mass is 497 g/mol. The molecule has 0 aliphatic carbocycles. The molecule has 2 atom stereocenters. The Labute approximate surface area is 216 Å². The number of carbonyl (C=O) groups excluding carboxylic acids is 1. The first-order valence-corrected chi connectivity index (χ1v) is 12.7. The fourth-order valence-electron chi connectivity index (χ4n) is 4.00. The maximum absolute atomic E-state index is 12.6. The number of carbonyl (C=O) groups is 2. The van der Waals surface area contributed by atoms with E-state index in [1.54, 1.807) is 6.07 Å². The highest BCUT2D eigenvalue weighted by molar-refractivity contribution is 5.98. The molecule has 0 aromatic heterocycles. The SMILES string of the molecule is CCC(CCc1ccc(OCC(O)C(C)(C)C)c(C)c1)c1ccc(C(=O)NC(C)(C)C(=O)O)c(C)c1. The molecule has 0 aliphatic heterocycles. The molecule has 0 fully saturated rings. The van der Waals surface area contributed by atoms with Crippen molar-refractivity contribution in [3.8, 4) is 5.75 Å². The summed E-state index contributed by atoms with van der Waals surface area (Å²) in [4.78, 5) is 24.0. The molecule has 6 nitrogen and oxygen atoms in total. The van der Waals surface area contributed by atoms with Gasteiger partial charge in [0.1, 0.15) is 17.9 Å². The topological polar surface area (TPSA) is 95.9 Å². The van der Waals surface area contributed by atoms with Crippen molar-refractivity contribution in [1.29, 1.82) is 0 Å². The average Bonchev–Trinajstić information content (AvgIpc) is 2.77. The number of hydrogen-bond donors (Lipinski definition) is 3. The third-order valence-electron chi connectivity index (χ3n) is 6.84. The molecule has 0 spiro atoms. The van der Waals surface area contributed by atoms with Gasteiger partial charge in [0.15, 0.2) is 0 Å². The molecule has 0 radical (unpaired) electrons. The Bertz CT molecular complexity index is 1070. The quantitative estimate of drug-likeness (QED) is 0.364. The number of aliphatic hydroxyl groups is 1. The minimum atomic E-state index is -1.33. The zero-order valence-corrected chi connectivity index (χ0v) is 23.1. The lowest BCUT2D eigenvalue weighted by molar-refractivity contribution is -0.143. The van der Waals surface area contributed by atoms with Crippen molar-refractivity contribution in [1.82, 2.24) is 5.32 Å². The Morgan fingerprint density at radius 1 is 1.00 bits per heavy atom. The van der Waals surface area contributed by atoms with E-state index in [1.165, 1.54) is 25.0 Å². The van der Waals surface area contributed by atoms with Crippen molar-refractivity contribution in [3.63, 3.8) is 0 Å². The number of aliphatic carboxylic acids is 1. The number of ether oxygens (including phenoxy) is 1. The molecule has 198 valence electrons. The highest BCUT2D eigenvalue weighted by Crippen LogP contribution is 2.29. The van der Waals surface area contributed by atoms with Gasteiger partial charge < -0.3 is 20.3 Å². The van der Waals surface area contributed by atoms with Gasteiger partial charge in [-0.1, -0.05) is 52.0 Å². The maximum Gasteiger partial charge on any atom is 0.328 e. The van der Waals surface area contributed by atoms with E-state index in [1.807, 2.05) is 52.8 Å². The summed E-state index contributed by atoms with van der Waals surface area (Å²) in [5, 5.41) is 22.1. The second-order valence-electron chi connectivity index (χ2n) is 11.4. The highest BCUT2D eigenvalue weighted by atomic mass is 16.5. The van der Waals surface area contributed by atoms with E-state index in [4.69, 9.17) is 4.74 Å². The fraction of sp³-hybridized carbons (Fsp3) is 0.533. The summed E-state index contributed by atoms with van der Waals surface area (Å²) in [6, 6.07) is 12.0. The number of aryl methyl sites for hydroxylation is 3. The molecule has 0 saturated heterocycles. The Balaban J connectivity index is 2.05. The second kappa shape index (κ2) is 11.9. The summed E-state index contributed by atoms with van der Waals surface area (Å²) in [6.07, 6.45) is 2.32. The lowest BCUT2D eigenvalue weighted by atomic mass is 9.88. The van der Waals surface area contributed by atoms with Crippen LogP contribution in [0.25, 0.3) is 0 Å². The van der Waals surface area contributed by atoms with Gasteiger partial charge in [-0.25, -0.2) is 4.79 Å². The van der Waals surface area contributed by atoms with E-state index in [0.29, 0.717) is 11.5 Å². The van der Waals surface area contributed by atoms with Gasteiger partial charge in [-0.3, -0.25) is 4.79 Å². The molecular weight excluding hydrogens is 454 g/mol. The van der Waals surface area contributed by atoms with Gasteiger partial charge in [0.05, 0.1) is 6.10 Å². The average molecular weight is 498 g/mol. The molecule has 0 heterocycles. The lowest BCUT2D eigenvalue weighted by Gasteiger charge is -2.26. The molecule has 6 heteroatoms. The zero-order chi connectivity index (χ0) is 27.3. The Kier molecular flexibility index (Phi) is 9.72. The zero-order valence-electron chi connectivity index (χ0n) is 23.1. The van der Waals surface area contributed by atoms with E-state index < -0.39 is 17.6 Å². The standard InChI is InChI=1S/C30H43NO5/c1-9-22(23-13-14-24(19(2)17-23)27(33)31-30(7,8)28(34)35)12-10-21-11-15-25(20(3)16-21)36-18-26(32)29(4,5)6/h11,13-17,22,26,32H,9-10,12,18H2,1-8H3,(H,31,33)(H,34,35). The first-order valence-electron chi connectivity index (χ1n) is 12.7. The number of aliphatic hydroxyl groups excluding tert-OH is 1. The van der Waals surface area contributed by atoms with Crippen LogP contribution in [0.4, 0.5) is 0 Å². The van der Waals surface area contributed by atoms with E-state index in [-0.39, 0.29) is 17.9 Å².